The van der Waals surface area contributed by atoms with Crippen LogP contribution in [0.5, 0.6) is 5.88 Å². The number of anilines is 1. The molecule has 6 nitrogen and oxygen atoms in total. The van der Waals surface area contributed by atoms with Crippen LogP contribution in [0.1, 0.15) is 29.2 Å². The number of para-hydroxylation sites is 1. The second-order valence-electron chi connectivity index (χ2n) is 6.64. The molecule has 1 N–H and O–H groups in total. The highest BCUT2D eigenvalue weighted by Crippen LogP contribution is 2.38. The van der Waals surface area contributed by atoms with E-state index in [9.17, 15) is 9.59 Å². The van der Waals surface area contributed by atoms with Crippen molar-refractivity contribution in [2.45, 2.75) is 26.2 Å². The van der Waals surface area contributed by atoms with Crippen LogP contribution < -0.4 is 10.1 Å². The van der Waals surface area contributed by atoms with Crippen LogP contribution in [0.3, 0.4) is 0 Å². The van der Waals surface area contributed by atoms with E-state index in [0.29, 0.717) is 22.8 Å². The molecule has 4 rings (SSSR count). The minimum atomic E-state index is -0.640. The lowest BCUT2D eigenvalue weighted by atomic mass is 9.93. The zero-order valence-electron chi connectivity index (χ0n) is 15.1. The maximum absolute atomic E-state index is 12.9. The number of aryl methyl sites for hydroxylation is 2. The summed E-state index contributed by atoms with van der Waals surface area (Å²) in [5.41, 5.74) is 3.85. The molecule has 1 amide bonds. The van der Waals surface area contributed by atoms with Gasteiger partial charge in [-0.15, -0.1) is 0 Å². The van der Waals surface area contributed by atoms with E-state index in [2.05, 4.69) is 10.4 Å². The van der Waals surface area contributed by atoms with E-state index in [1.165, 1.54) is 0 Å². The lowest BCUT2D eigenvalue weighted by molar-refractivity contribution is -0.138. The fourth-order valence-corrected chi connectivity index (χ4v) is 3.36. The highest BCUT2D eigenvalue weighted by Gasteiger charge is 2.37. The monoisotopic (exact) mass is 361 g/mol. The number of hydrogen-bond donors (Lipinski definition) is 1. The Hall–Kier alpha value is -3.41. The number of rotatable bonds is 3. The Morgan fingerprint density at radius 3 is 2.67 bits per heavy atom. The molecule has 0 saturated heterocycles. The zero-order chi connectivity index (χ0) is 19.0. The van der Waals surface area contributed by atoms with Crippen molar-refractivity contribution in [3.8, 4) is 11.6 Å². The van der Waals surface area contributed by atoms with Crippen LogP contribution in [-0.4, -0.2) is 21.7 Å². The molecule has 1 aromatic heterocycles. The average Bonchev–Trinajstić information content (AvgIpc) is 2.98. The number of carbonyl (C=O) groups excluding carboxylic acids is 2. The third kappa shape index (κ3) is 3.21. The first-order chi connectivity index (χ1) is 13.0. The van der Waals surface area contributed by atoms with E-state index in [0.717, 1.165) is 11.3 Å². The Morgan fingerprint density at radius 2 is 1.93 bits per heavy atom. The van der Waals surface area contributed by atoms with Gasteiger partial charge in [0.15, 0.2) is 0 Å². The maximum atomic E-state index is 12.9. The third-order valence-corrected chi connectivity index (χ3v) is 4.60. The number of fused-ring (bicyclic) bond motifs is 1. The summed E-state index contributed by atoms with van der Waals surface area (Å²) in [6.45, 7) is 3.78. The molecule has 6 heteroatoms. The Kier molecular flexibility index (Phi) is 4.24. The lowest BCUT2D eigenvalue weighted by Crippen LogP contribution is -2.30. The third-order valence-electron chi connectivity index (χ3n) is 4.60. The number of nitrogens with zero attached hydrogens (tertiary/aromatic N) is 2. The van der Waals surface area contributed by atoms with Crippen molar-refractivity contribution in [2.75, 3.05) is 5.32 Å². The highest BCUT2D eigenvalue weighted by atomic mass is 16.5. The minimum Gasteiger partial charge on any atom is -0.407 e. The molecule has 0 bridgehead atoms. The molecular weight excluding hydrogens is 342 g/mol. The number of aromatic nitrogens is 2. The standard InChI is InChI=1S/C21H19N3O3/c1-13-7-6-8-15(11-13)22-20(26)17-12-18(25)27-21-19(17)14(2)23-24(21)16-9-4-3-5-10-16/h3-11,17H,12H2,1-2H3,(H,22,26). The molecule has 136 valence electrons. The summed E-state index contributed by atoms with van der Waals surface area (Å²) in [6.07, 6.45) is -0.00796. The molecule has 1 aliphatic heterocycles. The Morgan fingerprint density at radius 1 is 1.15 bits per heavy atom. The Labute approximate surface area is 156 Å². The number of benzene rings is 2. The number of esters is 1. The molecule has 0 aliphatic carbocycles. The van der Waals surface area contributed by atoms with Crippen molar-refractivity contribution in [3.63, 3.8) is 0 Å². The van der Waals surface area contributed by atoms with E-state index < -0.39 is 11.9 Å². The topological polar surface area (TPSA) is 73.2 Å². The van der Waals surface area contributed by atoms with E-state index in [1.807, 2.05) is 68.4 Å². The summed E-state index contributed by atoms with van der Waals surface area (Å²) in [4.78, 5) is 25.1. The van der Waals surface area contributed by atoms with E-state index in [1.54, 1.807) is 4.68 Å². The van der Waals surface area contributed by atoms with Gasteiger partial charge in [-0.05, 0) is 43.7 Å². The van der Waals surface area contributed by atoms with Gasteiger partial charge in [0.1, 0.15) is 0 Å². The fourth-order valence-electron chi connectivity index (χ4n) is 3.36. The van der Waals surface area contributed by atoms with Crippen LogP contribution in [0.2, 0.25) is 0 Å². The van der Waals surface area contributed by atoms with Gasteiger partial charge in [-0.3, -0.25) is 9.59 Å². The normalized spacial score (nSPS) is 15.8. The summed E-state index contributed by atoms with van der Waals surface area (Å²) in [5.74, 6) is -1.00. The van der Waals surface area contributed by atoms with Crippen LogP contribution in [-0.2, 0) is 9.59 Å². The molecule has 0 saturated carbocycles. The smallest absolute Gasteiger partial charge is 0.313 e. The minimum absolute atomic E-state index is 0.00796. The van der Waals surface area contributed by atoms with Crippen molar-refractivity contribution in [1.82, 2.24) is 9.78 Å². The van der Waals surface area contributed by atoms with Crippen molar-refractivity contribution >= 4 is 17.6 Å². The number of carbonyl (C=O) groups is 2. The Balaban J connectivity index is 1.72. The van der Waals surface area contributed by atoms with E-state index >= 15 is 0 Å². The molecule has 3 aromatic rings. The lowest BCUT2D eigenvalue weighted by Gasteiger charge is -2.22. The van der Waals surface area contributed by atoms with Gasteiger partial charge >= 0.3 is 5.97 Å². The van der Waals surface area contributed by atoms with Crippen LogP contribution >= 0.6 is 0 Å². The van der Waals surface area contributed by atoms with Crippen molar-refractivity contribution < 1.29 is 14.3 Å². The van der Waals surface area contributed by atoms with Gasteiger partial charge in [0.2, 0.25) is 11.8 Å². The summed E-state index contributed by atoms with van der Waals surface area (Å²) < 4.78 is 7.05. The van der Waals surface area contributed by atoms with Gasteiger partial charge < -0.3 is 10.1 Å². The Bertz CT molecular complexity index is 1020. The summed E-state index contributed by atoms with van der Waals surface area (Å²) in [5, 5.41) is 7.42. The summed E-state index contributed by atoms with van der Waals surface area (Å²) in [6, 6.07) is 17.0. The second kappa shape index (κ2) is 6.72. The number of hydrogen-bond acceptors (Lipinski definition) is 4. The summed E-state index contributed by atoms with van der Waals surface area (Å²) in [7, 11) is 0. The number of nitrogens with one attached hydrogen (secondary N) is 1. The molecule has 0 fully saturated rings. The van der Waals surface area contributed by atoms with Crippen molar-refractivity contribution in [2.24, 2.45) is 0 Å². The molecular formula is C21H19N3O3. The number of amides is 1. The first kappa shape index (κ1) is 17.0. The van der Waals surface area contributed by atoms with Gasteiger partial charge in [0.05, 0.1) is 29.3 Å². The van der Waals surface area contributed by atoms with Gasteiger partial charge in [0, 0.05) is 5.69 Å². The molecule has 1 unspecified atom stereocenters. The molecule has 27 heavy (non-hydrogen) atoms. The molecule has 2 heterocycles. The molecule has 0 spiro atoms. The van der Waals surface area contributed by atoms with Crippen LogP contribution in [0.15, 0.2) is 54.6 Å². The highest BCUT2D eigenvalue weighted by molar-refractivity contribution is 5.99. The van der Waals surface area contributed by atoms with Gasteiger partial charge in [-0.2, -0.15) is 5.10 Å². The van der Waals surface area contributed by atoms with Gasteiger partial charge in [0.25, 0.3) is 0 Å². The molecule has 1 atom stereocenters. The van der Waals surface area contributed by atoms with Gasteiger partial charge in [-0.25, -0.2) is 4.68 Å². The SMILES string of the molecule is Cc1cccc(NC(=O)C2CC(=O)Oc3c2c(C)nn3-c2ccccc2)c1. The predicted molar refractivity (Wildman–Crippen MR) is 101 cm³/mol. The van der Waals surface area contributed by atoms with Crippen LogP contribution in [0.25, 0.3) is 5.69 Å². The second-order valence-corrected chi connectivity index (χ2v) is 6.64. The van der Waals surface area contributed by atoms with E-state index in [-0.39, 0.29) is 12.3 Å². The fraction of sp³-hybridized carbons (Fsp3) is 0.190. The predicted octanol–water partition coefficient (Wildman–Crippen LogP) is 3.52. The van der Waals surface area contributed by atoms with Crippen LogP contribution in [0, 0.1) is 13.8 Å². The van der Waals surface area contributed by atoms with Crippen molar-refractivity contribution in [3.05, 3.63) is 71.4 Å². The maximum Gasteiger partial charge on any atom is 0.313 e. The molecule has 2 aromatic carbocycles. The molecule has 0 radical (unpaired) electrons. The average molecular weight is 361 g/mol. The first-order valence-corrected chi connectivity index (χ1v) is 8.76. The summed E-state index contributed by atoms with van der Waals surface area (Å²) >= 11 is 0. The largest absolute Gasteiger partial charge is 0.407 e. The molecule has 1 aliphatic rings. The van der Waals surface area contributed by atoms with Gasteiger partial charge in [-0.1, -0.05) is 30.3 Å². The number of ether oxygens (including phenoxy) is 1. The zero-order valence-corrected chi connectivity index (χ0v) is 15.1. The van der Waals surface area contributed by atoms with Crippen LogP contribution in [0.4, 0.5) is 5.69 Å². The van der Waals surface area contributed by atoms with Crippen molar-refractivity contribution in [1.29, 1.82) is 0 Å². The first-order valence-electron chi connectivity index (χ1n) is 8.76. The van der Waals surface area contributed by atoms with E-state index in [4.69, 9.17) is 4.74 Å². The quantitative estimate of drug-likeness (QED) is 0.725.